The number of esters is 2. The number of carbonyl (C=O) groups is 4. The van der Waals surface area contributed by atoms with Crippen LogP contribution >= 0.6 is 0 Å². The first-order valence-electron chi connectivity index (χ1n) is 13.8. The average Bonchev–Trinajstić information content (AvgIpc) is 3.19. The van der Waals surface area contributed by atoms with Gasteiger partial charge < -0.3 is 34.3 Å². The van der Waals surface area contributed by atoms with Gasteiger partial charge in [-0.05, 0) is 63.4 Å². The number of rotatable bonds is 0. The number of aliphatic hydroxyl groups is 3. The minimum atomic E-state index is -2.32. The van der Waals surface area contributed by atoms with Crippen molar-refractivity contribution in [2.45, 2.75) is 93.3 Å². The maximum absolute atomic E-state index is 14.9. The maximum atomic E-state index is 14.9. The Morgan fingerprint density at radius 2 is 1.79 bits per heavy atom. The predicted molar refractivity (Wildman–Crippen MR) is 125 cm³/mol. The molecule has 5 unspecified atom stereocenters. The number of ketones is 2. The molecule has 210 valence electrons. The highest BCUT2D eigenvalue weighted by Crippen LogP contribution is 2.75. The molecule has 5 heterocycles. The molecule has 0 amide bonds. The van der Waals surface area contributed by atoms with Gasteiger partial charge in [-0.2, -0.15) is 0 Å². The molecule has 0 aromatic rings. The third-order valence-electron chi connectivity index (χ3n) is 12.7. The molecule has 5 aliphatic heterocycles. The summed E-state index contributed by atoms with van der Waals surface area (Å²) in [6, 6.07) is 0. The smallest absolute Gasteiger partial charge is 0.342 e. The Labute approximate surface area is 223 Å². The highest BCUT2D eigenvalue weighted by atomic mass is 16.8. The third-order valence-corrected chi connectivity index (χ3v) is 12.7. The van der Waals surface area contributed by atoms with Crippen LogP contribution in [-0.2, 0) is 38.1 Å². The Morgan fingerprint density at radius 1 is 1.05 bits per heavy atom. The Morgan fingerprint density at radius 3 is 2.54 bits per heavy atom. The van der Waals surface area contributed by atoms with Crippen molar-refractivity contribution in [3.05, 3.63) is 12.2 Å². The van der Waals surface area contributed by atoms with E-state index in [0.717, 1.165) is 0 Å². The van der Waals surface area contributed by atoms with Crippen LogP contribution in [-0.4, -0.2) is 85.8 Å². The highest BCUT2D eigenvalue weighted by Gasteiger charge is 2.93. The lowest BCUT2D eigenvalue weighted by Crippen LogP contribution is -2.79. The van der Waals surface area contributed by atoms with Gasteiger partial charge in [0.1, 0.15) is 11.7 Å². The summed E-state index contributed by atoms with van der Waals surface area (Å²) >= 11 is 0. The van der Waals surface area contributed by atoms with Crippen LogP contribution in [0.2, 0.25) is 0 Å². The van der Waals surface area contributed by atoms with Crippen molar-refractivity contribution < 1.29 is 53.4 Å². The Bertz CT molecular complexity index is 1330. The first-order chi connectivity index (χ1) is 18.2. The molecule has 39 heavy (non-hydrogen) atoms. The lowest BCUT2D eigenvalue weighted by atomic mass is 9.46. The molecule has 11 nitrogen and oxygen atoms in total. The molecule has 2 spiro atoms. The van der Waals surface area contributed by atoms with Crippen LogP contribution in [0.5, 0.6) is 0 Å². The Kier molecular flexibility index (Phi) is 4.09. The zero-order chi connectivity index (χ0) is 27.8. The van der Waals surface area contributed by atoms with Crippen molar-refractivity contribution in [2.24, 2.45) is 34.5 Å². The number of allylic oxidation sites excluding steroid dienone is 1. The normalized spacial score (nSPS) is 62.0. The topological polar surface area (TPSA) is 166 Å². The molecular weight excluding hydrogens is 512 g/mol. The van der Waals surface area contributed by atoms with Crippen LogP contribution in [0.3, 0.4) is 0 Å². The molecule has 3 aliphatic carbocycles. The van der Waals surface area contributed by atoms with Crippen LogP contribution in [0.4, 0.5) is 0 Å². The van der Waals surface area contributed by atoms with E-state index in [1.54, 1.807) is 20.8 Å². The number of aliphatic hydroxyl groups excluding tert-OH is 1. The minimum Gasteiger partial charge on any atom is -0.458 e. The fourth-order valence-electron chi connectivity index (χ4n) is 10.6. The van der Waals surface area contributed by atoms with Gasteiger partial charge in [0.15, 0.2) is 28.4 Å². The molecule has 3 N–H and O–H groups in total. The fourth-order valence-corrected chi connectivity index (χ4v) is 10.6. The fraction of sp³-hybridized carbons (Fsp3) is 0.786. The second kappa shape index (κ2) is 6.49. The van der Waals surface area contributed by atoms with E-state index in [0.29, 0.717) is 0 Å². The SMILES string of the molecule is C[C@@]12C[C@H]3OC(=O)[C@@H]1CO[C@]14O[C@]5(C2C1=O)C(O)(CCC1C4CC(O)[C@@]2(O)CC=CC(=O)[C@]12C)C(=O)O[C@@]35C. The Balaban J connectivity index is 1.43. The highest BCUT2D eigenvalue weighted by molar-refractivity contribution is 6.00. The zero-order valence-electron chi connectivity index (χ0n) is 22.0. The molecule has 13 atom stereocenters. The van der Waals surface area contributed by atoms with E-state index in [1.807, 2.05) is 0 Å². The van der Waals surface area contributed by atoms with E-state index in [4.69, 9.17) is 18.9 Å². The zero-order valence-corrected chi connectivity index (χ0v) is 22.0. The minimum absolute atomic E-state index is 0.0207. The summed E-state index contributed by atoms with van der Waals surface area (Å²) in [5, 5.41) is 35.6. The number of carbonyl (C=O) groups excluding carboxylic acids is 4. The maximum Gasteiger partial charge on any atom is 0.342 e. The van der Waals surface area contributed by atoms with Crippen molar-refractivity contribution in [1.29, 1.82) is 0 Å². The van der Waals surface area contributed by atoms with Gasteiger partial charge in [0, 0.05) is 5.92 Å². The summed E-state index contributed by atoms with van der Waals surface area (Å²) in [7, 11) is 0. The summed E-state index contributed by atoms with van der Waals surface area (Å²) in [6.07, 6.45) is 0.491. The van der Waals surface area contributed by atoms with E-state index in [9.17, 15) is 34.5 Å². The number of Topliss-reactive ketones (excluding diaryl/α,β-unsaturated/α-hetero) is 1. The van der Waals surface area contributed by atoms with Crippen LogP contribution in [0.1, 0.15) is 52.9 Å². The van der Waals surface area contributed by atoms with Crippen LogP contribution < -0.4 is 0 Å². The van der Waals surface area contributed by atoms with Crippen molar-refractivity contribution in [3.8, 4) is 0 Å². The second-order valence-electron chi connectivity index (χ2n) is 13.8. The van der Waals surface area contributed by atoms with Gasteiger partial charge >= 0.3 is 11.9 Å². The molecule has 5 bridgehead atoms. The molecular formula is C28H32O11. The summed E-state index contributed by atoms with van der Waals surface area (Å²) < 4.78 is 24.9. The van der Waals surface area contributed by atoms with Crippen molar-refractivity contribution >= 4 is 23.5 Å². The first kappa shape index (κ1) is 24.6. The Hall–Kier alpha value is -2.18. The van der Waals surface area contributed by atoms with Crippen molar-refractivity contribution in [3.63, 3.8) is 0 Å². The average molecular weight is 545 g/mol. The molecule has 5 saturated heterocycles. The third kappa shape index (κ3) is 2.10. The lowest BCUT2D eigenvalue weighted by Gasteiger charge is -2.64. The van der Waals surface area contributed by atoms with E-state index in [2.05, 4.69) is 0 Å². The lowest BCUT2D eigenvalue weighted by molar-refractivity contribution is -0.382. The molecule has 8 rings (SSSR count). The van der Waals surface area contributed by atoms with E-state index >= 15 is 0 Å². The van der Waals surface area contributed by atoms with Crippen LogP contribution in [0.15, 0.2) is 12.2 Å². The first-order valence-corrected chi connectivity index (χ1v) is 13.8. The molecule has 8 aliphatic rings. The number of hydrogen-bond acceptors (Lipinski definition) is 11. The van der Waals surface area contributed by atoms with Gasteiger partial charge in [0.25, 0.3) is 0 Å². The molecule has 11 heteroatoms. The summed E-state index contributed by atoms with van der Waals surface area (Å²) in [6.45, 7) is 4.69. The van der Waals surface area contributed by atoms with Crippen LogP contribution in [0.25, 0.3) is 0 Å². The molecule has 0 aromatic carbocycles. The second-order valence-corrected chi connectivity index (χ2v) is 13.8. The quantitative estimate of drug-likeness (QED) is 0.344. The van der Waals surface area contributed by atoms with Gasteiger partial charge in [-0.3, -0.25) is 14.4 Å². The number of fused-ring (bicyclic) bond motifs is 5. The van der Waals surface area contributed by atoms with Gasteiger partial charge in [0.05, 0.1) is 30.0 Å². The van der Waals surface area contributed by atoms with Crippen molar-refractivity contribution in [1.82, 2.24) is 0 Å². The monoisotopic (exact) mass is 544 g/mol. The van der Waals surface area contributed by atoms with E-state index < -0.39 is 98.4 Å². The van der Waals surface area contributed by atoms with Gasteiger partial charge in [-0.15, -0.1) is 0 Å². The summed E-state index contributed by atoms with van der Waals surface area (Å²) in [4.78, 5) is 55.5. The summed E-state index contributed by atoms with van der Waals surface area (Å²) in [5.74, 6) is -8.35. The molecule has 7 fully saturated rings. The number of ether oxygens (including phenoxy) is 4. The predicted octanol–water partition coefficient (Wildman–Crippen LogP) is -0.277. The van der Waals surface area contributed by atoms with Crippen molar-refractivity contribution in [2.75, 3.05) is 6.61 Å². The largest absolute Gasteiger partial charge is 0.458 e. The summed E-state index contributed by atoms with van der Waals surface area (Å²) in [5.41, 5.74) is -10.4. The van der Waals surface area contributed by atoms with Gasteiger partial charge in [-0.25, -0.2) is 4.79 Å². The molecule has 2 saturated carbocycles. The molecule has 0 aromatic heterocycles. The van der Waals surface area contributed by atoms with E-state index in [1.165, 1.54) is 12.2 Å². The number of hydrogen-bond donors (Lipinski definition) is 3. The molecule has 0 radical (unpaired) electrons. The van der Waals surface area contributed by atoms with E-state index in [-0.39, 0.29) is 38.7 Å². The standard InChI is InChI=1S/C28H32O11/c1-22-10-17-24(3)28-18(22)19(31)27(39-28,36-11-14(22)20(32)37-17)13-9-16(30)25(34)7-4-5-15(29)23(25,2)12(13)6-8-26(28,35)21(33)38-24/h4-5,12-14,16-18,30,34-35H,6-11H2,1-3H3/t12?,13?,14-,16?,17+,18?,22+,23-,24-,25-,26?,27+,28-/m0/s1. The van der Waals surface area contributed by atoms with Crippen LogP contribution in [0, 0.1) is 34.5 Å². The van der Waals surface area contributed by atoms with Gasteiger partial charge in [0.2, 0.25) is 5.79 Å². The van der Waals surface area contributed by atoms with Gasteiger partial charge in [-0.1, -0.05) is 13.0 Å².